The Morgan fingerprint density at radius 1 is 1.06 bits per heavy atom. The van der Waals surface area contributed by atoms with Crippen LogP contribution in [0.3, 0.4) is 0 Å². The fourth-order valence-corrected chi connectivity index (χ4v) is 5.95. The Balaban J connectivity index is 1.66. The van der Waals surface area contributed by atoms with Gasteiger partial charge in [-0.25, -0.2) is 0 Å². The van der Waals surface area contributed by atoms with E-state index in [1.807, 2.05) is 0 Å². The normalized spacial score (nSPS) is 30.4. The molecule has 2 saturated carbocycles. The number of amides is 1. The number of hydrogen-bond acceptors (Lipinski definition) is 7. The first-order valence-corrected chi connectivity index (χ1v) is 11.3. The Morgan fingerprint density at radius 3 is 2.38 bits per heavy atom. The number of phenolic OH excluding ortho intramolecular Hbond substituents is 1. The summed E-state index contributed by atoms with van der Waals surface area (Å²) in [5.74, 6) is -7.29. The number of aromatic hydroxyl groups is 1. The number of fused-ring (bicyclic) bond motifs is 3. The van der Waals surface area contributed by atoms with Gasteiger partial charge in [0.25, 0.3) is 0 Å². The molecule has 0 radical (unpaired) electrons. The molecule has 2 aromatic carbocycles. The number of phenols is 1. The van der Waals surface area contributed by atoms with Gasteiger partial charge in [-0.05, 0) is 60.1 Å². The van der Waals surface area contributed by atoms with Gasteiger partial charge in [-0.1, -0.05) is 29.8 Å². The number of aliphatic hydroxyl groups excluding tert-OH is 2. The highest BCUT2D eigenvalue weighted by molar-refractivity contribution is 6.30. The van der Waals surface area contributed by atoms with E-state index in [1.54, 1.807) is 30.3 Å². The molecule has 9 heteroatoms. The van der Waals surface area contributed by atoms with Gasteiger partial charge in [-0.2, -0.15) is 0 Å². The summed E-state index contributed by atoms with van der Waals surface area (Å²) in [6.45, 7) is 0. The molecule has 0 saturated heterocycles. The molecule has 0 aliphatic heterocycles. The fraction of sp³-hybridized carbons (Fsp3) is 0.320. The van der Waals surface area contributed by atoms with Crippen molar-refractivity contribution in [3.8, 4) is 16.9 Å². The van der Waals surface area contributed by atoms with Gasteiger partial charge in [0.1, 0.15) is 17.4 Å². The predicted molar refractivity (Wildman–Crippen MR) is 122 cm³/mol. The summed E-state index contributed by atoms with van der Waals surface area (Å²) >= 11 is 6.00. The van der Waals surface area contributed by atoms with Gasteiger partial charge in [-0.15, -0.1) is 0 Å². The van der Waals surface area contributed by atoms with Crippen LogP contribution in [0.4, 0.5) is 0 Å². The van der Waals surface area contributed by atoms with Crippen molar-refractivity contribution in [3.63, 3.8) is 0 Å². The monoisotopic (exact) mass is 483 g/mol. The highest BCUT2D eigenvalue weighted by atomic mass is 35.5. The first-order valence-electron chi connectivity index (χ1n) is 10.9. The Bertz CT molecular complexity index is 1280. The molecule has 5 rings (SSSR count). The SMILES string of the molecule is NC(=O)C1C(=O)[C@@]2(O)C(=O)C3=C(O)c4c(O)ccc(-c5ccc(Cl)cc5)c4C[C@H]3C[C@H]2CC1O. The van der Waals surface area contributed by atoms with E-state index in [4.69, 9.17) is 17.3 Å². The van der Waals surface area contributed by atoms with E-state index < -0.39 is 52.7 Å². The standard InChI is InChI=1S/C25H22ClNO7/c26-13-3-1-10(2-4-13)14-5-6-16(28)19-15(14)8-11-7-12-9-17(29)20(24(27)33)23(32)25(12,34)22(31)18(11)21(19)30/h1-6,11-12,17,20,28-30,34H,7-9H2,(H2,27,33)/t11-,12+,17?,20?,25+/m1/s1. The molecule has 3 aliphatic rings. The quantitative estimate of drug-likeness (QED) is 0.408. The molecule has 6 N–H and O–H groups in total. The summed E-state index contributed by atoms with van der Waals surface area (Å²) in [6, 6.07) is 10.1. The maximum Gasteiger partial charge on any atom is 0.230 e. The highest BCUT2D eigenvalue weighted by Gasteiger charge is 2.63. The summed E-state index contributed by atoms with van der Waals surface area (Å²) < 4.78 is 0. The van der Waals surface area contributed by atoms with E-state index in [-0.39, 0.29) is 36.1 Å². The molecule has 1 amide bonds. The van der Waals surface area contributed by atoms with Gasteiger partial charge in [0.05, 0.1) is 11.7 Å². The van der Waals surface area contributed by atoms with Crippen molar-refractivity contribution in [3.05, 3.63) is 58.1 Å². The van der Waals surface area contributed by atoms with Gasteiger partial charge in [0.2, 0.25) is 11.7 Å². The van der Waals surface area contributed by atoms with E-state index in [2.05, 4.69) is 0 Å². The number of nitrogens with two attached hydrogens (primary N) is 1. The summed E-state index contributed by atoms with van der Waals surface area (Å²) in [7, 11) is 0. The lowest BCUT2D eigenvalue weighted by molar-refractivity contribution is -0.174. The molecule has 0 bridgehead atoms. The summed E-state index contributed by atoms with van der Waals surface area (Å²) in [6.07, 6.45) is -1.20. The Morgan fingerprint density at radius 2 is 1.74 bits per heavy atom. The third-order valence-corrected chi connectivity index (χ3v) is 7.67. The lowest BCUT2D eigenvalue weighted by Crippen LogP contribution is -2.66. The molecule has 34 heavy (non-hydrogen) atoms. The number of hydrogen-bond donors (Lipinski definition) is 5. The zero-order valence-corrected chi connectivity index (χ0v) is 18.6. The second-order valence-electron chi connectivity index (χ2n) is 9.23. The van der Waals surface area contributed by atoms with E-state index >= 15 is 0 Å². The van der Waals surface area contributed by atoms with Crippen molar-refractivity contribution in [1.29, 1.82) is 0 Å². The average Bonchev–Trinajstić information content (AvgIpc) is 2.77. The van der Waals surface area contributed by atoms with Crippen molar-refractivity contribution in [2.24, 2.45) is 23.5 Å². The molecular weight excluding hydrogens is 462 g/mol. The highest BCUT2D eigenvalue weighted by Crippen LogP contribution is 2.52. The number of carbonyl (C=O) groups excluding carboxylic acids is 3. The topological polar surface area (TPSA) is 158 Å². The molecule has 2 unspecified atom stereocenters. The molecular formula is C25H22ClNO7. The van der Waals surface area contributed by atoms with Crippen LogP contribution in [0.25, 0.3) is 16.9 Å². The van der Waals surface area contributed by atoms with Crippen LogP contribution < -0.4 is 5.73 Å². The number of carbonyl (C=O) groups is 3. The first kappa shape index (κ1) is 22.6. The van der Waals surface area contributed by atoms with Crippen LogP contribution >= 0.6 is 11.6 Å². The average molecular weight is 484 g/mol. The van der Waals surface area contributed by atoms with Crippen molar-refractivity contribution < 1.29 is 34.8 Å². The molecule has 2 aromatic rings. The lowest BCUT2D eigenvalue weighted by atomic mass is 9.56. The molecule has 3 aliphatic carbocycles. The van der Waals surface area contributed by atoms with E-state index in [0.717, 1.165) is 11.1 Å². The number of benzene rings is 2. The Kier molecular flexibility index (Phi) is 5.09. The van der Waals surface area contributed by atoms with E-state index in [1.165, 1.54) is 6.07 Å². The number of halogens is 1. The molecule has 8 nitrogen and oxygen atoms in total. The van der Waals surface area contributed by atoms with Crippen LogP contribution in [-0.4, -0.2) is 49.6 Å². The molecule has 5 atom stereocenters. The molecule has 176 valence electrons. The molecule has 0 spiro atoms. The number of ketones is 2. The van der Waals surface area contributed by atoms with Gasteiger partial charge in [0.15, 0.2) is 11.4 Å². The van der Waals surface area contributed by atoms with Crippen LogP contribution in [0, 0.1) is 17.8 Å². The number of aliphatic hydroxyl groups is 3. The fourth-order valence-electron chi connectivity index (χ4n) is 5.82. The van der Waals surface area contributed by atoms with E-state index in [9.17, 15) is 34.8 Å². The van der Waals surface area contributed by atoms with Gasteiger partial charge in [0, 0.05) is 16.5 Å². The minimum absolute atomic E-state index is 0.0591. The van der Waals surface area contributed by atoms with E-state index in [0.29, 0.717) is 10.6 Å². The minimum Gasteiger partial charge on any atom is -0.507 e. The zero-order valence-electron chi connectivity index (χ0n) is 17.9. The minimum atomic E-state index is -2.58. The summed E-state index contributed by atoms with van der Waals surface area (Å²) in [5.41, 5.74) is 4.71. The third kappa shape index (κ3) is 3.02. The molecule has 2 fully saturated rings. The summed E-state index contributed by atoms with van der Waals surface area (Å²) in [5, 5.41) is 43.9. The van der Waals surface area contributed by atoms with Crippen LogP contribution in [0.1, 0.15) is 24.0 Å². The van der Waals surface area contributed by atoms with Crippen LogP contribution in [0.5, 0.6) is 5.75 Å². The van der Waals surface area contributed by atoms with Crippen LogP contribution in [0.15, 0.2) is 42.0 Å². The summed E-state index contributed by atoms with van der Waals surface area (Å²) in [4.78, 5) is 38.3. The number of Topliss-reactive ketones (excluding diaryl/α,β-unsaturated/α-hetero) is 2. The largest absolute Gasteiger partial charge is 0.507 e. The third-order valence-electron chi connectivity index (χ3n) is 7.42. The first-order chi connectivity index (χ1) is 16.1. The zero-order chi connectivity index (χ0) is 24.5. The van der Waals surface area contributed by atoms with Crippen molar-refractivity contribution in [2.45, 2.75) is 31.0 Å². The smallest absolute Gasteiger partial charge is 0.230 e. The Hall–Kier alpha value is -3.20. The molecule has 0 heterocycles. The maximum absolute atomic E-state index is 13.5. The second-order valence-corrected chi connectivity index (χ2v) is 9.67. The van der Waals surface area contributed by atoms with Crippen LogP contribution in [-0.2, 0) is 20.8 Å². The number of primary amides is 1. The van der Waals surface area contributed by atoms with Gasteiger partial charge >= 0.3 is 0 Å². The Labute approximate surface area is 199 Å². The van der Waals surface area contributed by atoms with Crippen LogP contribution in [0.2, 0.25) is 5.02 Å². The van der Waals surface area contributed by atoms with Crippen molar-refractivity contribution in [2.75, 3.05) is 0 Å². The van der Waals surface area contributed by atoms with Gasteiger partial charge in [-0.3, -0.25) is 14.4 Å². The second kappa shape index (κ2) is 7.66. The van der Waals surface area contributed by atoms with Crippen molar-refractivity contribution in [1.82, 2.24) is 0 Å². The van der Waals surface area contributed by atoms with Gasteiger partial charge < -0.3 is 26.2 Å². The lowest BCUT2D eigenvalue weighted by Gasteiger charge is -2.48. The predicted octanol–water partition coefficient (Wildman–Crippen LogP) is 1.91. The number of rotatable bonds is 2. The van der Waals surface area contributed by atoms with Crippen molar-refractivity contribution >= 4 is 34.8 Å². The maximum atomic E-state index is 13.5. The molecule has 0 aromatic heterocycles.